The number of ether oxygens (including phenoxy) is 1. The van der Waals surface area contributed by atoms with Crippen LogP contribution in [-0.2, 0) is 14.3 Å². The Hall–Kier alpha value is -2.47. The minimum absolute atomic E-state index is 0.212. The Morgan fingerprint density at radius 1 is 1.27 bits per heavy atom. The predicted octanol–water partition coefficient (Wildman–Crippen LogP) is 3.99. The van der Waals surface area contributed by atoms with Gasteiger partial charge in [0, 0.05) is 4.88 Å². The van der Waals surface area contributed by atoms with Crippen molar-refractivity contribution in [2.45, 2.75) is 25.3 Å². The summed E-state index contributed by atoms with van der Waals surface area (Å²) in [4.78, 5) is 25.0. The van der Waals surface area contributed by atoms with Crippen LogP contribution in [0.2, 0.25) is 0 Å². The number of benzene rings is 1. The van der Waals surface area contributed by atoms with Gasteiger partial charge >= 0.3 is 5.97 Å². The molecule has 0 spiro atoms. The first-order valence-electron chi connectivity index (χ1n) is 8.52. The average Bonchev–Trinajstić information content (AvgIpc) is 3.33. The van der Waals surface area contributed by atoms with Crippen LogP contribution in [0.1, 0.15) is 35.7 Å². The normalized spacial score (nSPS) is 17.0. The Morgan fingerprint density at radius 2 is 2.08 bits per heavy atom. The van der Waals surface area contributed by atoms with E-state index < -0.39 is 6.04 Å². The van der Waals surface area contributed by atoms with E-state index in [9.17, 15) is 14.0 Å². The van der Waals surface area contributed by atoms with Crippen LogP contribution in [0.25, 0.3) is 0 Å². The van der Waals surface area contributed by atoms with Crippen LogP contribution in [0, 0.1) is 11.7 Å². The molecule has 0 bridgehead atoms. The molecule has 1 aromatic heterocycles. The molecule has 0 fully saturated rings. The molecule has 2 atom stereocenters. The van der Waals surface area contributed by atoms with Gasteiger partial charge in [-0.2, -0.15) is 0 Å². The number of hydrogen-bond acceptors (Lipinski definition) is 4. The highest BCUT2D eigenvalue weighted by Crippen LogP contribution is 2.26. The van der Waals surface area contributed by atoms with Crippen molar-refractivity contribution >= 4 is 23.2 Å². The molecule has 0 unspecified atom stereocenters. The lowest BCUT2D eigenvalue weighted by Gasteiger charge is -2.18. The number of rotatable bonds is 7. The lowest BCUT2D eigenvalue weighted by molar-refractivity contribution is -0.149. The fourth-order valence-electron chi connectivity index (χ4n) is 2.92. The summed E-state index contributed by atoms with van der Waals surface area (Å²) in [6, 6.07) is 9.38. The van der Waals surface area contributed by atoms with E-state index in [2.05, 4.69) is 11.4 Å². The zero-order chi connectivity index (χ0) is 18.4. The fourth-order valence-corrected chi connectivity index (χ4v) is 3.72. The number of carbonyl (C=O) groups excluding carboxylic acids is 2. The van der Waals surface area contributed by atoms with Crippen molar-refractivity contribution in [3.05, 3.63) is 70.2 Å². The molecule has 1 aliphatic rings. The third kappa shape index (κ3) is 5.02. The third-order valence-corrected chi connectivity index (χ3v) is 5.18. The summed E-state index contributed by atoms with van der Waals surface area (Å²) in [5.74, 6) is -0.877. The maximum absolute atomic E-state index is 13.2. The van der Waals surface area contributed by atoms with Gasteiger partial charge in [-0.1, -0.05) is 30.4 Å². The molecule has 0 saturated heterocycles. The van der Waals surface area contributed by atoms with Crippen LogP contribution < -0.4 is 5.32 Å². The molecular weight excluding hydrogens is 353 g/mol. The highest BCUT2D eigenvalue weighted by Gasteiger charge is 2.20. The van der Waals surface area contributed by atoms with Crippen molar-refractivity contribution in [1.82, 2.24) is 5.32 Å². The molecule has 1 heterocycles. The molecule has 0 aliphatic heterocycles. The van der Waals surface area contributed by atoms with Crippen molar-refractivity contribution in [1.29, 1.82) is 0 Å². The van der Waals surface area contributed by atoms with E-state index in [1.807, 2.05) is 23.6 Å². The number of carbonyl (C=O) groups is 2. The first-order valence-corrected chi connectivity index (χ1v) is 9.40. The molecule has 3 rings (SSSR count). The van der Waals surface area contributed by atoms with Gasteiger partial charge in [0.1, 0.15) is 5.82 Å². The SMILES string of the molecule is O=C(COC(=O)C[C@@H]1C=CCC1)N[C@@H](c1ccc(F)cc1)c1cccs1. The zero-order valence-corrected chi connectivity index (χ0v) is 15.0. The van der Waals surface area contributed by atoms with Crippen LogP contribution >= 0.6 is 11.3 Å². The zero-order valence-electron chi connectivity index (χ0n) is 14.2. The van der Waals surface area contributed by atoms with Crippen LogP contribution in [0.5, 0.6) is 0 Å². The maximum atomic E-state index is 13.2. The Morgan fingerprint density at radius 3 is 2.73 bits per heavy atom. The van der Waals surface area contributed by atoms with Gasteiger partial charge in [-0.05, 0) is 47.9 Å². The number of thiophene rings is 1. The Balaban J connectivity index is 1.58. The minimum atomic E-state index is -0.403. The molecule has 26 heavy (non-hydrogen) atoms. The number of nitrogens with one attached hydrogen (secondary N) is 1. The molecule has 1 aromatic carbocycles. The Kier molecular flexibility index (Phi) is 6.17. The van der Waals surface area contributed by atoms with Gasteiger partial charge in [-0.3, -0.25) is 9.59 Å². The topological polar surface area (TPSA) is 55.4 Å². The number of hydrogen-bond donors (Lipinski definition) is 1. The summed E-state index contributed by atoms with van der Waals surface area (Å²) in [6.07, 6.45) is 6.31. The minimum Gasteiger partial charge on any atom is -0.456 e. The maximum Gasteiger partial charge on any atom is 0.306 e. The summed E-state index contributed by atoms with van der Waals surface area (Å²) in [5.41, 5.74) is 0.768. The van der Waals surface area contributed by atoms with Crippen molar-refractivity contribution in [2.75, 3.05) is 6.61 Å². The second-order valence-electron chi connectivity index (χ2n) is 6.20. The van der Waals surface area contributed by atoms with Gasteiger partial charge in [0.25, 0.3) is 5.91 Å². The van der Waals surface area contributed by atoms with E-state index in [-0.39, 0.29) is 30.2 Å². The molecular formula is C20H20FNO3S. The predicted molar refractivity (Wildman–Crippen MR) is 98.1 cm³/mol. The molecule has 4 nitrogen and oxygen atoms in total. The summed E-state index contributed by atoms with van der Waals surface area (Å²) in [5, 5.41) is 4.77. The fraction of sp³-hybridized carbons (Fsp3) is 0.300. The lowest BCUT2D eigenvalue weighted by atomic mass is 10.1. The first kappa shape index (κ1) is 18.3. The monoisotopic (exact) mass is 373 g/mol. The molecule has 136 valence electrons. The number of allylic oxidation sites excluding steroid dienone is 2. The second-order valence-corrected chi connectivity index (χ2v) is 7.18. The van der Waals surface area contributed by atoms with Crippen molar-refractivity contribution < 1.29 is 18.7 Å². The van der Waals surface area contributed by atoms with Crippen molar-refractivity contribution in [3.8, 4) is 0 Å². The molecule has 1 amide bonds. The Bertz CT molecular complexity index is 771. The summed E-state index contributed by atoms with van der Waals surface area (Å²) in [7, 11) is 0. The third-order valence-electron chi connectivity index (χ3n) is 4.24. The first-order chi connectivity index (χ1) is 12.6. The second kappa shape index (κ2) is 8.76. The van der Waals surface area contributed by atoms with Crippen LogP contribution in [0.3, 0.4) is 0 Å². The number of amides is 1. The van der Waals surface area contributed by atoms with E-state index in [1.54, 1.807) is 12.1 Å². The van der Waals surface area contributed by atoms with Crippen LogP contribution in [0.15, 0.2) is 53.9 Å². The van der Waals surface area contributed by atoms with Gasteiger partial charge in [0.15, 0.2) is 6.61 Å². The van der Waals surface area contributed by atoms with E-state index >= 15 is 0 Å². The summed E-state index contributed by atoms with van der Waals surface area (Å²) in [6.45, 7) is -0.321. The van der Waals surface area contributed by atoms with E-state index in [0.29, 0.717) is 6.42 Å². The van der Waals surface area contributed by atoms with Gasteiger partial charge in [-0.25, -0.2) is 4.39 Å². The van der Waals surface area contributed by atoms with Crippen molar-refractivity contribution in [2.24, 2.45) is 5.92 Å². The molecule has 0 radical (unpaired) electrons. The molecule has 0 saturated carbocycles. The highest BCUT2D eigenvalue weighted by atomic mass is 32.1. The van der Waals surface area contributed by atoms with Gasteiger partial charge < -0.3 is 10.1 Å². The van der Waals surface area contributed by atoms with Crippen LogP contribution in [0.4, 0.5) is 4.39 Å². The molecule has 2 aromatic rings. The summed E-state index contributed by atoms with van der Waals surface area (Å²) >= 11 is 1.49. The van der Waals surface area contributed by atoms with E-state index in [4.69, 9.17) is 4.74 Å². The number of esters is 1. The quantitative estimate of drug-likeness (QED) is 0.590. The number of halogens is 1. The summed E-state index contributed by atoms with van der Waals surface area (Å²) < 4.78 is 18.3. The van der Waals surface area contributed by atoms with E-state index in [1.165, 1.54) is 23.5 Å². The van der Waals surface area contributed by atoms with Gasteiger partial charge in [0.2, 0.25) is 0 Å². The lowest BCUT2D eigenvalue weighted by Crippen LogP contribution is -2.32. The largest absolute Gasteiger partial charge is 0.456 e. The van der Waals surface area contributed by atoms with Crippen LogP contribution in [-0.4, -0.2) is 18.5 Å². The molecule has 1 N–H and O–H groups in total. The van der Waals surface area contributed by atoms with Crippen molar-refractivity contribution in [3.63, 3.8) is 0 Å². The standard InChI is InChI=1S/C20H20FNO3S/c21-16-9-7-15(8-10-16)20(17-6-3-11-26-17)22-18(23)13-25-19(24)12-14-4-1-2-5-14/h1,3-4,6-11,14,20H,2,5,12-13H2,(H,22,23)/t14-,20+/m1/s1. The Labute approximate surface area is 155 Å². The molecule has 1 aliphatic carbocycles. The van der Waals surface area contributed by atoms with E-state index in [0.717, 1.165) is 23.3 Å². The van der Waals surface area contributed by atoms with Gasteiger partial charge in [0.05, 0.1) is 12.5 Å². The smallest absolute Gasteiger partial charge is 0.306 e. The highest BCUT2D eigenvalue weighted by molar-refractivity contribution is 7.10. The average molecular weight is 373 g/mol. The molecule has 6 heteroatoms. The van der Waals surface area contributed by atoms with Gasteiger partial charge in [-0.15, -0.1) is 11.3 Å².